The van der Waals surface area contributed by atoms with Gasteiger partial charge < -0.3 is 0 Å². The molecule has 68 heavy (non-hydrogen) atoms. The van der Waals surface area contributed by atoms with Crippen LogP contribution >= 0.6 is 0 Å². The quantitative estimate of drug-likeness (QED) is 0.143. The molecule has 1 heterocycles. The van der Waals surface area contributed by atoms with Crippen LogP contribution in [0.25, 0.3) is 122 Å². The zero-order chi connectivity index (χ0) is 45.4. The van der Waals surface area contributed by atoms with Gasteiger partial charge in [-0.15, -0.1) is 0 Å². The first-order chi connectivity index (χ1) is 33.6. The molecule has 0 aliphatic carbocycles. The number of hydrogen-bond acceptors (Lipinski definition) is 4. The van der Waals surface area contributed by atoms with Crippen LogP contribution in [0.15, 0.2) is 243 Å². The van der Waals surface area contributed by atoms with E-state index in [4.69, 9.17) is 15.0 Å². The Bertz CT molecular complexity index is 3920. The molecule has 0 bridgehead atoms. The van der Waals surface area contributed by atoms with E-state index < -0.39 is 0 Å². The molecular weight excluding hydrogens is 825 g/mol. The van der Waals surface area contributed by atoms with Crippen molar-refractivity contribution >= 4 is 32.3 Å². The minimum Gasteiger partial charge on any atom is -0.208 e. The number of nitriles is 1. The van der Waals surface area contributed by atoms with Crippen molar-refractivity contribution in [1.82, 2.24) is 15.0 Å². The molecule has 0 unspecified atom stereocenters. The lowest BCUT2D eigenvalue weighted by atomic mass is 9.89. The highest BCUT2D eigenvalue weighted by Crippen LogP contribution is 2.40. The molecule has 0 atom stereocenters. The van der Waals surface area contributed by atoms with Crippen molar-refractivity contribution in [2.45, 2.75) is 0 Å². The van der Waals surface area contributed by atoms with Crippen molar-refractivity contribution in [2.75, 3.05) is 0 Å². The number of benzene rings is 11. The third kappa shape index (κ3) is 7.45. The van der Waals surface area contributed by atoms with Gasteiger partial charge in [-0.3, -0.25) is 0 Å². The van der Waals surface area contributed by atoms with Gasteiger partial charge in [-0.25, -0.2) is 15.0 Å². The maximum absolute atomic E-state index is 10.7. The molecule has 0 N–H and O–H groups in total. The highest BCUT2D eigenvalue weighted by atomic mass is 15.0. The van der Waals surface area contributed by atoms with E-state index in [0.717, 1.165) is 61.2 Å². The molecule has 11 aromatic carbocycles. The Balaban J connectivity index is 0.898. The number of hydrogen-bond donors (Lipinski definition) is 0. The Morgan fingerprint density at radius 2 is 0.735 bits per heavy atom. The molecule has 4 nitrogen and oxygen atoms in total. The van der Waals surface area contributed by atoms with Gasteiger partial charge in [0.25, 0.3) is 0 Å². The second-order valence-corrected chi connectivity index (χ2v) is 17.0. The Hall–Kier alpha value is -9.30. The minimum atomic E-state index is 0.549. The zero-order valence-electron chi connectivity index (χ0n) is 36.9. The molecule has 0 fully saturated rings. The first kappa shape index (κ1) is 40.2. The van der Waals surface area contributed by atoms with Crippen molar-refractivity contribution in [3.05, 3.63) is 248 Å². The van der Waals surface area contributed by atoms with Crippen LogP contribution in [0.4, 0.5) is 0 Å². The third-order valence-corrected chi connectivity index (χ3v) is 13.0. The minimum absolute atomic E-state index is 0.549. The van der Waals surface area contributed by atoms with Crippen LogP contribution in [-0.4, -0.2) is 15.0 Å². The van der Waals surface area contributed by atoms with Gasteiger partial charge in [0.05, 0.1) is 11.6 Å². The van der Waals surface area contributed by atoms with Crippen LogP contribution < -0.4 is 0 Å². The molecule has 316 valence electrons. The van der Waals surface area contributed by atoms with Crippen LogP contribution in [0.5, 0.6) is 0 Å². The summed E-state index contributed by atoms with van der Waals surface area (Å²) in [6.45, 7) is 0. The van der Waals surface area contributed by atoms with E-state index in [2.05, 4.69) is 188 Å². The monoisotopic (exact) mass is 864 g/mol. The van der Waals surface area contributed by atoms with E-state index >= 15 is 0 Å². The van der Waals surface area contributed by atoms with Crippen molar-refractivity contribution < 1.29 is 0 Å². The molecule has 0 saturated heterocycles. The van der Waals surface area contributed by atoms with Gasteiger partial charge >= 0.3 is 0 Å². The van der Waals surface area contributed by atoms with Crippen LogP contribution in [0, 0.1) is 11.3 Å². The molecule has 1 aromatic heterocycles. The third-order valence-electron chi connectivity index (χ3n) is 13.0. The van der Waals surface area contributed by atoms with Gasteiger partial charge in [-0.05, 0) is 112 Å². The van der Waals surface area contributed by atoms with Gasteiger partial charge in [0, 0.05) is 16.7 Å². The molecule has 0 amide bonds. The van der Waals surface area contributed by atoms with Gasteiger partial charge in [0.15, 0.2) is 17.5 Å². The van der Waals surface area contributed by atoms with Crippen molar-refractivity contribution in [1.29, 1.82) is 5.26 Å². The van der Waals surface area contributed by atoms with E-state index in [9.17, 15) is 5.26 Å². The maximum Gasteiger partial charge on any atom is 0.164 e. The zero-order valence-corrected chi connectivity index (χ0v) is 36.9. The summed E-state index contributed by atoms with van der Waals surface area (Å²) < 4.78 is 0. The molecule has 4 heteroatoms. The lowest BCUT2D eigenvalue weighted by molar-refractivity contribution is 1.07. The van der Waals surface area contributed by atoms with E-state index in [-0.39, 0.29) is 0 Å². The molecule has 0 spiro atoms. The fraction of sp³-hybridized carbons (Fsp3) is 0. The second-order valence-electron chi connectivity index (χ2n) is 17.0. The number of fused-ring (bicyclic) bond motifs is 4. The van der Waals surface area contributed by atoms with Crippen LogP contribution in [0.1, 0.15) is 5.56 Å². The SMILES string of the molecule is N#Cc1cc(-c2ccccc2-c2ccc(-c3cc4ccccc4c4ccccc34)cc2)ccc1-c1cccc(-c2nc(-c3ccccc3)nc(-c3ccccc3-c3ccc4ccccc4c3)n2)c1. The predicted octanol–water partition coefficient (Wildman–Crippen LogP) is 16.5. The first-order valence-electron chi connectivity index (χ1n) is 22.8. The molecular formula is C64H40N4. The van der Waals surface area contributed by atoms with Crippen molar-refractivity contribution in [2.24, 2.45) is 0 Å². The average Bonchev–Trinajstić information content (AvgIpc) is 3.42. The van der Waals surface area contributed by atoms with Crippen molar-refractivity contribution in [3.63, 3.8) is 0 Å². The molecule has 0 radical (unpaired) electrons. The predicted molar refractivity (Wildman–Crippen MR) is 281 cm³/mol. The fourth-order valence-electron chi connectivity index (χ4n) is 9.62. The van der Waals surface area contributed by atoms with Gasteiger partial charge in [0.1, 0.15) is 0 Å². The topological polar surface area (TPSA) is 62.5 Å². The molecule has 0 saturated carbocycles. The van der Waals surface area contributed by atoms with Crippen LogP contribution in [0.2, 0.25) is 0 Å². The summed E-state index contributed by atoms with van der Waals surface area (Å²) in [5, 5.41) is 18.1. The van der Waals surface area contributed by atoms with Crippen molar-refractivity contribution in [3.8, 4) is 95.9 Å². The summed E-state index contributed by atoms with van der Waals surface area (Å²) in [4.78, 5) is 15.3. The molecule has 0 aliphatic heterocycles. The fourth-order valence-corrected chi connectivity index (χ4v) is 9.62. The Labute approximate surface area is 394 Å². The number of nitrogens with zero attached hydrogens (tertiary/aromatic N) is 4. The first-order valence-corrected chi connectivity index (χ1v) is 22.8. The smallest absolute Gasteiger partial charge is 0.164 e. The summed E-state index contributed by atoms with van der Waals surface area (Å²) in [5.41, 5.74) is 13.7. The summed E-state index contributed by atoms with van der Waals surface area (Å²) in [6, 6.07) is 87.0. The van der Waals surface area contributed by atoms with E-state index in [1.807, 2.05) is 60.7 Å². The van der Waals surface area contributed by atoms with Gasteiger partial charge in [-0.1, -0.05) is 218 Å². The van der Waals surface area contributed by atoms with E-state index in [1.54, 1.807) is 0 Å². The molecule has 12 aromatic rings. The lowest BCUT2D eigenvalue weighted by Crippen LogP contribution is -2.01. The second kappa shape index (κ2) is 17.2. The van der Waals surface area contributed by atoms with Gasteiger partial charge in [-0.2, -0.15) is 5.26 Å². The van der Waals surface area contributed by atoms with E-state index in [0.29, 0.717) is 23.0 Å². The summed E-state index contributed by atoms with van der Waals surface area (Å²) in [5.74, 6) is 1.72. The van der Waals surface area contributed by atoms with Crippen LogP contribution in [0.3, 0.4) is 0 Å². The lowest BCUT2D eigenvalue weighted by Gasteiger charge is -2.14. The highest BCUT2D eigenvalue weighted by Gasteiger charge is 2.18. The highest BCUT2D eigenvalue weighted by molar-refractivity contribution is 6.13. The summed E-state index contributed by atoms with van der Waals surface area (Å²) in [7, 11) is 0. The molecule has 12 rings (SSSR count). The Morgan fingerprint density at radius 1 is 0.250 bits per heavy atom. The van der Waals surface area contributed by atoms with Gasteiger partial charge in [0.2, 0.25) is 0 Å². The summed E-state index contributed by atoms with van der Waals surface area (Å²) in [6.07, 6.45) is 0. The normalized spacial score (nSPS) is 11.2. The standard InChI is InChI=1S/C64H40N4/c65-41-52-39-50(55-23-9-8-22-54(55)43-30-32-44(33-31-43)61-40-48-19-6-7-24-56(48)58-26-11-12-27-59(58)61)35-36-53(52)47-20-14-21-51(38-47)63-66-62(45-16-2-1-3-17-45)67-64(68-63)60-28-13-10-25-57(60)49-34-29-42-15-4-5-18-46(42)37-49/h1-40H. The largest absolute Gasteiger partial charge is 0.208 e. The van der Waals surface area contributed by atoms with Crippen LogP contribution in [-0.2, 0) is 0 Å². The molecule has 0 aliphatic rings. The maximum atomic E-state index is 10.7. The Morgan fingerprint density at radius 3 is 1.49 bits per heavy atom. The number of aromatic nitrogens is 3. The Kier molecular flexibility index (Phi) is 10.2. The number of rotatable bonds is 8. The average molecular weight is 865 g/mol. The summed E-state index contributed by atoms with van der Waals surface area (Å²) >= 11 is 0. The van der Waals surface area contributed by atoms with E-state index in [1.165, 1.54) is 43.4 Å².